The highest BCUT2D eigenvalue weighted by atomic mass is 32.2. The summed E-state index contributed by atoms with van der Waals surface area (Å²) < 4.78 is 31.1. The molecule has 1 aromatic carbocycles. The summed E-state index contributed by atoms with van der Waals surface area (Å²) in [7, 11) is -4.23. The Kier molecular flexibility index (Phi) is 4.16. The summed E-state index contributed by atoms with van der Waals surface area (Å²) in [5.74, 6) is 0. The van der Waals surface area contributed by atoms with E-state index >= 15 is 0 Å². The lowest BCUT2D eigenvalue weighted by molar-refractivity contribution is 0.482. The zero-order chi connectivity index (χ0) is 13.1. The van der Waals surface area contributed by atoms with E-state index in [1.165, 1.54) is 12.3 Å². The molecule has 0 heterocycles. The molecule has 0 radical (unpaired) electrons. The fourth-order valence-corrected chi connectivity index (χ4v) is 1.96. The van der Waals surface area contributed by atoms with Crippen LogP contribution >= 0.6 is 12.2 Å². The van der Waals surface area contributed by atoms with Crippen LogP contribution in [-0.2, 0) is 10.1 Å². The molecular weight excluding hydrogens is 262 g/mol. The van der Waals surface area contributed by atoms with Gasteiger partial charge in [0.2, 0.25) is 0 Å². The summed E-state index contributed by atoms with van der Waals surface area (Å²) in [6.07, 6.45) is 1.34. The number of aryl methyl sites for hydroxylation is 1. The van der Waals surface area contributed by atoms with E-state index in [2.05, 4.69) is 22.7 Å². The van der Waals surface area contributed by atoms with Crippen molar-refractivity contribution in [3.63, 3.8) is 0 Å². The van der Waals surface area contributed by atoms with E-state index in [0.717, 1.165) is 0 Å². The number of benzene rings is 1. The van der Waals surface area contributed by atoms with Gasteiger partial charge in [0, 0.05) is 0 Å². The Morgan fingerprint density at radius 2 is 2.24 bits per heavy atom. The average Bonchev–Trinajstić information content (AvgIpc) is 2.18. The molecular formula is C9H11N3O3S2. The molecule has 1 aromatic rings. The molecule has 0 amide bonds. The summed E-state index contributed by atoms with van der Waals surface area (Å²) in [6.45, 7) is 1.58. The third-order valence-electron chi connectivity index (χ3n) is 1.88. The van der Waals surface area contributed by atoms with Crippen molar-refractivity contribution in [3.05, 3.63) is 29.3 Å². The third-order valence-corrected chi connectivity index (χ3v) is 2.97. The van der Waals surface area contributed by atoms with Crippen LogP contribution in [0.3, 0.4) is 0 Å². The lowest BCUT2D eigenvalue weighted by Gasteiger charge is -2.03. The molecule has 4 N–H and O–H groups in total. The Bertz CT molecular complexity index is 567. The first-order valence-electron chi connectivity index (χ1n) is 4.47. The highest BCUT2D eigenvalue weighted by molar-refractivity contribution is 7.85. The normalized spacial score (nSPS) is 11.6. The minimum absolute atomic E-state index is 0.00312. The number of hydrazone groups is 1. The highest BCUT2D eigenvalue weighted by Gasteiger charge is 2.12. The summed E-state index contributed by atoms with van der Waals surface area (Å²) in [4.78, 5) is -0.156. The van der Waals surface area contributed by atoms with Crippen LogP contribution < -0.4 is 11.2 Å². The molecule has 6 nitrogen and oxygen atoms in total. The maximum Gasteiger partial charge on any atom is 0.294 e. The molecule has 8 heteroatoms. The Morgan fingerprint density at radius 3 is 2.76 bits per heavy atom. The van der Waals surface area contributed by atoms with Crippen LogP contribution in [0.5, 0.6) is 0 Å². The lowest BCUT2D eigenvalue weighted by Crippen LogP contribution is -2.24. The first-order chi connectivity index (χ1) is 7.80. The molecule has 0 unspecified atom stereocenters. The van der Waals surface area contributed by atoms with Crippen LogP contribution in [0.1, 0.15) is 11.1 Å². The second-order valence-electron chi connectivity index (χ2n) is 3.23. The number of hydrogen-bond donors (Lipinski definition) is 3. The molecule has 0 aliphatic carbocycles. The minimum atomic E-state index is -4.23. The summed E-state index contributed by atoms with van der Waals surface area (Å²) >= 11 is 4.53. The van der Waals surface area contributed by atoms with E-state index in [-0.39, 0.29) is 10.0 Å². The SMILES string of the molecule is Cc1ccc(C=NNC(N)=S)cc1S(=O)(=O)O. The van der Waals surface area contributed by atoms with Crippen LogP contribution in [0.25, 0.3) is 0 Å². The number of nitrogens with one attached hydrogen (secondary N) is 1. The van der Waals surface area contributed by atoms with E-state index in [9.17, 15) is 8.42 Å². The van der Waals surface area contributed by atoms with Gasteiger partial charge in [0.1, 0.15) is 0 Å². The monoisotopic (exact) mass is 273 g/mol. The Labute approximate surface area is 104 Å². The standard InChI is InChI=1S/C9H11N3O3S2/c1-6-2-3-7(5-11-12-9(10)16)4-8(6)17(13,14)15/h2-5H,1H3,(H3,10,12,16)(H,13,14,15). The van der Waals surface area contributed by atoms with Crippen LogP contribution in [0.4, 0.5) is 0 Å². The van der Waals surface area contributed by atoms with E-state index in [1.54, 1.807) is 19.1 Å². The van der Waals surface area contributed by atoms with E-state index < -0.39 is 10.1 Å². The van der Waals surface area contributed by atoms with Crippen LogP contribution in [0.2, 0.25) is 0 Å². The van der Waals surface area contributed by atoms with Gasteiger partial charge in [0.15, 0.2) is 5.11 Å². The maximum atomic E-state index is 11.0. The van der Waals surface area contributed by atoms with Crippen molar-refractivity contribution in [2.75, 3.05) is 0 Å². The van der Waals surface area contributed by atoms with Gasteiger partial charge in [0.05, 0.1) is 11.1 Å². The molecule has 0 atom stereocenters. The van der Waals surface area contributed by atoms with Gasteiger partial charge >= 0.3 is 0 Å². The molecule has 17 heavy (non-hydrogen) atoms. The average molecular weight is 273 g/mol. The fraction of sp³-hybridized carbons (Fsp3) is 0.111. The fourth-order valence-electron chi connectivity index (χ4n) is 1.15. The lowest BCUT2D eigenvalue weighted by atomic mass is 10.2. The van der Waals surface area contributed by atoms with Crippen molar-refractivity contribution in [2.24, 2.45) is 10.8 Å². The number of rotatable bonds is 3. The number of nitrogens with zero attached hydrogens (tertiary/aromatic N) is 1. The van der Waals surface area contributed by atoms with Crippen molar-refractivity contribution in [2.45, 2.75) is 11.8 Å². The van der Waals surface area contributed by atoms with Gasteiger partial charge in [-0.25, -0.2) is 0 Å². The topological polar surface area (TPSA) is 105 Å². The summed E-state index contributed by atoms with van der Waals surface area (Å²) in [5, 5.41) is 3.68. The summed E-state index contributed by atoms with van der Waals surface area (Å²) in [5.41, 5.74) is 8.43. The van der Waals surface area contributed by atoms with Crippen molar-refractivity contribution >= 4 is 33.7 Å². The molecule has 0 spiro atoms. The van der Waals surface area contributed by atoms with Crippen LogP contribution in [-0.4, -0.2) is 24.3 Å². The van der Waals surface area contributed by atoms with Gasteiger partial charge in [0.25, 0.3) is 10.1 Å². The maximum absolute atomic E-state index is 11.0. The molecule has 0 saturated heterocycles. The molecule has 92 valence electrons. The first kappa shape index (κ1) is 13.6. The number of hydrogen-bond acceptors (Lipinski definition) is 4. The van der Waals surface area contributed by atoms with Crippen molar-refractivity contribution in [1.82, 2.24) is 5.43 Å². The van der Waals surface area contributed by atoms with Crippen molar-refractivity contribution in [1.29, 1.82) is 0 Å². The molecule has 0 saturated carbocycles. The predicted octanol–water partition coefficient (Wildman–Crippen LogP) is 0.409. The Balaban J connectivity index is 3.06. The molecule has 0 aliphatic rings. The second kappa shape index (κ2) is 5.21. The number of thiocarbonyl (C=S) groups is 1. The van der Waals surface area contributed by atoms with Gasteiger partial charge in [-0.15, -0.1) is 0 Å². The second-order valence-corrected chi connectivity index (χ2v) is 5.06. The van der Waals surface area contributed by atoms with Gasteiger partial charge in [-0.05, 0) is 36.3 Å². The van der Waals surface area contributed by atoms with Crippen molar-refractivity contribution < 1.29 is 13.0 Å². The highest BCUT2D eigenvalue weighted by Crippen LogP contribution is 2.15. The first-order valence-corrected chi connectivity index (χ1v) is 6.32. The van der Waals surface area contributed by atoms with Crippen LogP contribution in [0.15, 0.2) is 28.2 Å². The smallest absolute Gasteiger partial charge is 0.294 e. The van der Waals surface area contributed by atoms with E-state index in [0.29, 0.717) is 11.1 Å². The molecule has 1 rings (SSSR count). The number of nitrogens with two attached hydrogens (primary N) is 1. The van der Waals surface area contributed by atoms with Gasteiger partial charge in [-0.2, -0.15) is 13.5 Å². The molecule has 0 aliphatic heterocycles. The zero-order valence-electron chi connectivity index (χ0n) is 8.91. The third kappa shape index (κ3) is 4.10. The van der Waals surface area contributed by atoms with E-state index in [4.69, 9.17) is 10.3 Å². The minimum Gasteiger partial charge on any atom is -0.375 e. The zero-order valence-corrected chi connectivity index (χ0v) is 10.5. The quantitative estimate of drug-likeness (QED) is 0.319. The molecule has 0 fully saturated rings. The molecule has 0 bridgehead atoms. The predicted molar refractivity (Wildman–Crippen MR) is 68.5 cm³/mol. The Morgan fingerprint density at radius 1 is 1.59 bits per heavy atom. The largest absolute Gasteiger partial charge is 0.375 e. The van der Waals surface area contributed by atoms with Crippen LogP contribution in [0, 0.1) is 6.92 Å². The van der Waals surface area contributed by atoms with Gasteiger partial charge < -0.3 is 5.73 Å². The van der Waals surface area contributed by atoms with Gasteiger partial charge in [-0.3, -0.25) is 9.98 Å². The van der Waals surface area contributed by atoms with E-state index in [1.807, 2.05) is 0 Å². The van der Waals surface area contributed by atoms with Crippen molar-refractivity contribution in [3.8, 4) is 0 Å². The Hall–Kier alpha value is -1.51. The van der Waals surface area contributed by atoms with Gasteiger partial charge in [-0.1, -0.05) is 12.1 Å². The summed E-state index contributed by atoms with van der Waals surface area (Å²) in [6, 6.07) is 4.51. The molecule has 0 aromatic heterocycles.